The van der Waals surface area contributed by atoms with Gasteiger partial charge in [0.15, 0.2) is 0 Å². The number of aryl methyl sites for hydroxylation is 1. The summed E-state index contributed by atoms with van der Waals surface area (Å²) < 4.78 is 0. The number of hydrogen-bond donors (Lipinski definition) is 2. The number of nitrogens with zero attached hydrogens (tertiary/aromatic N) is 1. The predicted molar refractivity (Wildman–Crippen MR) is 79.0 cm³/mol. The minimum absolute atomic E-state index is 0.151. The summed E-state index contributed by atoms with van der Waals surface area (Å²) in [6.07, 6.45) is 1.34. The van der Waals surface area contributed by atoms with Gasteiger partial charge < -0.3 is 10.4 Å². The lowest BCUT2D eigenvalue weighted by Crippen LogP contribution is -2.41. The first-order chi connectivity index (χ1) is 9.45. The van der Waals surface area contributed by atoms with Gasteiger partial charge in [-0.05, 0) is 31.0 Å². The zero-order valence-electron chi connectivity index (χ0n) is 12.2. The van der Waals surface area contributed by atoms with E-state index in [9.17, 15) is 9.59 Å². The van der Waals surface area contributed by atoms with Gasteiger partial charge in [0.05, 0.1) is 5.92 Å². The molecule has 2 amide bonds. The molecule has 0 aliphatic heterocycles. The molecular formula is C15H22N2O3. The van der Waals surface area contributed by atoms with Crippen molar-refractivity contribution in [2.75, 3.05) is 18.5 Å². The Labute approximate surface area is 119 Å². The van der Waals surface area contributed by atoms with Gasteiger partial charge in [-0.3, -0.25) is 9.69 Å². The van der Waals surface area contributed by atoms with Crippen molar-refractivity contribution in [3.8, 4) is 0 Å². The van der Waals surface area contributed by atoms with Crippen molar-refractivity contribution in [2.24, 2.45) is 5.92 Å². The number of hydrogen-bond acceptors (Lipinski definition) is 2. The maximum Gasteiger partial charge on any atom is 0.321 e. The normalized spacial score (nSPS) is 11.8. The number of carbonyl (C=O) groups is 2. The molecule has 0 radical (unpaired) electrons. The molecule has 0 saturated heterocycles. The standard InChI is InChI=1S/C15H22N2O3/c1-4-6-12(14(18)19)10-16-15(20)17(3)13-8-5-7-11(2)9-13/h5,7-9,12H,4,6,10H2,1-3H3,(H,16,20)(H,18,19). The number of urea groups is 1. The second-order valence-electron chi connectivity index (χ2n) is 4.91. The van der Waals surface area contributed by atoms with Gasteiger partial charge in [-0.25, -0.2) is 4.79 Å². The van der Waals surface area contributed by atoms with Crippen LogP contribution in [0.2, 0.25) is 0 Å². The molecule has 0 aromatic heterocycles. The first-order valence-corrected chi connectivity index (χ1v) is 6.76. The molecule has 110 valence electrons. The zero-order chi connectivity index (χ0) is 15.1. The van der Waals surface area contributed by atoms with E-state index in [1.807, 2.05) is 38.1 Å². The topological polar surface area (TPSA) is 69.6 Å². The molecule has 0 aliphatic rings. The molecule has 1 aromatic rings. The highest BCUT2D eigenvalue weighted by Gasteiger charge is 2.18. The molecule has 1 aromatic carbocycles. The van der Waals surface area contributed by atoms with E-state index >= 15 is 0 Å². The Balaban J connectivity index is 2.60. The predicted octanol–water partition coefficient (Wildman–Crippen LogP) is 2.64. The van der Waals surface area contributed by atoms with E-state index in [0.717, 1.165) is 17.7 Å². The average molecular weight is 278 g/mol. The largest absolute Gasteiger partial charge is 0.481 e. The van der Waals surface area contributed by atoms with Gasteiger partial charge in [0.25, 0.3) is 0 Å². The molecule has 20 heavy (non-hydrogen) atoms. The second-order valence-corrected chi connectivity index (χ2v) is 4.91. The Hall–Kier alpha value is -2.04. The molecule has 2 N–H and O–H groups in total. The Bertz CT molecular complexity index is 474. The third-order valence-corrected chi connectivity index (χ3v) is 3.18. The summed E-state index contributed by atoms with van der Waals surface area (Å²) in [4.78, 5) is 24.5. The fourth-order valence-corrected chi connectivity index (χ4v) is 1.94. The van der Waals surface area contributed by atoms with Gasteiger partial charge in [-0.1, -0.05) is 25.5 Å². The van der Waals surface area contributed by atoms with Crippen LogP contribution in [0.25, 0.3) is 0 Å². The summed E-state index contributed by atoms with van der Waals surface area (Å²) in [6, 6.07) is 7.29. The summed E-state index contributed by atoms with van der Waals surface area (Å²) in [5.41, 5.74) is 1.85. The molecular weight excluding hydrogens is 256 g/mol. The quantitative estimate of drug-likeness (QED) is 0.840. The van der Waals surface area contributed by atoms with Gasteiger partial charge in [-0.2, -0.15) is 0 Å². The number of carboxylic acid groups (broad SMARTS) is 1. The van der Waals surface area contributed by atoms with Gasteiger partial charge in [0.1, 0.15) is 0 Å². The fraction of sp³-hybridized carbons (Fsp3) is 0.467. The highest BCUT2D eigenvalue weighted by atomic mass is 16.4. The van der Waals surface area contributed by atoms with Crippen LogP contribution in [0.1, 0.15) is 25.3 Å². The summed E-state index contributed by atoms with van der Waals surface area (Å²) in [5.74, 6) is -1.40. The van der Waals surface area contributed by atoms with Gasteiger partial charge in [-0.15, -0.1) is 0 Å². The first-order valence-electron chi connectivity index (χ1n) is 6.76. The number of amides is 2. The van der Waals surface area contributed by atoms with Gasteiger partial charge >= 0.3 is 12.0 Å². The van der Waals surface area contributed by atoms with E-state index in [1.165, 1.54) is 4.90 Å². The third kappa shape index (κ3) is 4.57. The van der Waals surface area contributed by atoms with Crippen LogP contribution in [0.15, 0.2) is 24.3 Å². The fourth-order valence-electron chi connectivity index (χ4n) is 1.94. The van der Waals surface area contributed by atoms with Crippen LogP contribution in [0.4, 0.5) is 10.5 Å². The molecule has 0 aliphatic carbocycles. The van der Waals surface area contributed by atoms with E-state index in [2.05, 4.69) is 5.32 Å². The minimum atomic E-state index is -0.870. The lowest BCUT2D eigenvalue weighted by molar-refractivity contribution is -0.141. The molecule has 0 spiro atoms. The van der Waals surface area contributed by atoms with Gasteiger partial charge in [0, 0.05) is 19.3 Å². The lowest BCUT2D eigenvalue weighted by atomic mass is 10.0. The highest BCUT2D eigenvalue weighted by molar-refractivity contribution is 5.91. The first kappa shape index (κ1) is 16.0. The average Bonchev–Trinajstić information content (AvgIpc) is 2.41. The van der Waals surface area contributed by atoms with Crippen molar-refractivity contribution in [3.63, 3.8) is 0 Å². The van der Waals surface area contributed by atoms with Crippen molar-refractivity contribution >= 4 is 17.7 Å². The SMILES string of the molecule is CCCC(CNC(=O)N(C)c1cccc(C)c1)C(=O)O. The number of rotatable bonds is 6. The van der Waals surface area contributed by atoms with E-state index in [-0.39, 0.29) is 12.6 Å². The number of nitrogens with one attached hydrogen (secondary N) is 1. The van der Waals surface area contributed by atoms with Crippen molar-refractivity contribution in [1.82, 2.24) is 5.32 Å². The number of carbonyl (C=O) groups excluding carboxylic acids is 1. The Morgan fingerprint density at radius 3 is 2.65 bits per heavy atom. The molecule has 0 bridgehead atoms. The van der Waals surface area contributed by atoms with Crippen molar-refractivity contribution in [3.05, 3.63) is 29.8 Å². The van der Waals surface area contributed by atoms with Crippen LogP contribution in [0.5, 0.6) is 0 Å². The van der Waals surface area contributed by atoms with Crippen molar-refractivity contribution in [1.29, 1.82) is 0 Å². The van der Waals surface area contributed by atoms with Crippen LogP contribution < -0.4 is 10.2 Å². The molecule has 0 saturated carbocycles. The summed E-state index contributed by atoms with van der Waals surface area (Å²) in [6.45, 7) is 4.03. The Morgan fingerprint density at radius 1 is 1.40 bits per heavy atom. The monoisotopic (exact) mass is 278 g/mol. The maximum absolute atomic E-state index is 12.0. The minimum Gasteiger partial charge on any atom is -0.481 e. The van der Waals surface area contributed by atoms with E-state index in [4.69, 9.17) is 5.11 Å². The van der Waals surface area contributed by atoms with E-state index < -0.39 is 11.9 Å². The van der Waals surface area contributed by atoms with E-state index in [1.54, 1.807) is 7.05 Å². The molecule has 5 heteroatoms. The van der Waals surface area contributed by atoms with Crippen LogP contribution in [0.3, 0.4) is 0 Å². The van der Waals surface area contributed by atoms with Crippen LogP contribution in [-0.2, 0) is 4.79 Å². The molecule has 1 atom stereocenters. The Kier molecular flexibility index (Phi) is 6.03. The third-order valence-electron chi connectivity index (χ3n) is 3.18. The van der Waals surface area contributed by atoms with Gasteiger partial charge in [0.2, 0.25) is 0 Å². The zero-order valence-corrected chi connectivity index (χ0v) is 12.2. The second kappa shape index (κ2) is 7.53. The molecule has 5 nitrogen and oxygen atoms in total. The molecule has 1 rings (SSSR count). The summed E-state index contributed by atoms with van der Waals surface area (Å²) in [7, 11) is 1.67. The number of benzene rings is 1. The maximum atomic E-state index is 12.0. The number of aliphatic carboxylic acids is 1. The number of carboxylic acids is 1. The number of anilines is 1. The summed E-state index contributed by atoms with van der Waals surface area (Å²) >= 11 is 0. The lowest BCUT2D eigenvalue weighted by Gasteiger charge is -2.20. The van der Waals surface area contributed by atoms with Crippen molar-refractivity contribution < 1.29 is 14.7 Å². The summed E-state index contributed by atoms with van der Waals surface area (Å²) in [5, 5.41) is 11.7. The smallest absolute Gasteiger partial charge is 0.321 e. The molecule has 0 heterocycles. The Morgan fingerprint density at radius 2 is 2.10 bits per heavy atom. The van der Waals surface area contributed by atoms with Crippen LogP contribution >= 0.6 is 0 Å². The van der Waals surface area contributed by atoms with Crippen LogP contribution in [-0.4, -0.2) is 30.7 Å². The molecule has 0 fully saturated rings. The van der Waals surface area contributed by atoms with E-state index in [0.29, 0.717) is 6.42 Å². The van der Waals surface area contributed by atoms with Crippen LogP contribution in [0, 0.1) is 12.8 Å². The molecule has 1 unspecified atom stereocenters. The highest BCUT2D eigenvalue weighted by Crippen LogP contribution is 2.14. The van der Waals surface area contributed by atoms with Crippen molar-refractivity contribution in [2.45, 2.75) is 26.7 Å².